The van der Waals surface area contributed by atoms with E-state index in [4.69, 9.17) is 4.74 Å². The number of methoxy groups -OCH3 is 1. The van der Waals surface area contributed by atoms with E-state index in [0.717, 1.165) is 25.9 Å². The number of hydrogen-bond donors (Lipinski definition) is 2. The summed E-state index contributed by atoms with van der Waals surface area (Å²) in [5, 5.41) is 12.2. The van der Waals surface area contributed by atoms with Gasteiger partial charge >= 0.3 is 5.97 Å². The second-order valence-electron chi connectivity index (χ2n) is 6.17. The Hall–Kier alpha value is -0.650. The molecule has 3 atom stereocenters. The number of ether oxygens (including phenoxy) is 1. The molecule has 5 nitrogen and oxygen atoms in total. The minimum atomic E-state index is -0.875. The largest absolute Gasteiger partial charge is 0.480 e. The Morgan fingerprint density at radius 2 is 2.26 bits per heavy atom. The molecule has 112 valence electrons. The molecule has 1 heterocycles. The van der Waals surface area contributed by atoms with Gasteiger partial charge in [-0.2, -0.15) is 0 Å². The highest BCUT2D eigenvalue weighted by Crippen LogP contribution is 2.27. The summed E-state index contributed by atoms with van der Waals surface area (Å²) in [7, 11) is 3.46. The van der Waals surface area contributed by atoms with E-state index >= 15 is 0 Å². The summed E-state index contributed by atoms with van der Waals surface area (Å²) >= 11 is 0. The Morgan fingerprint density at radius 3 is 2.74 bits per heavy atom. The zero-order valence-electron chi connectivity index (χ0n) is 12.8. The number of likely N-dealkylation sites (tertiary alicyclic amines) is 1. The lowest BCUT2D eigenvalue weighted by Gasteiger charge is -2.43. The first-order chi connectivity index (χ1) is 8.76. The Bertz CT molecular complexity index is 324. The van der Waals surface area contributed by atoms with Crippen molar-refractivity contribution in [2.45, 2.75) is 57.2 Å². The quantitative estimate of drug-likeness (QED) is 0.764. The van der Waals surface area contributed by atoms with Crippen LogP contribution in [0.4, 0.5) is 0 Å². The molecular formula is C14H28N2O3. The van der Waals surface area contributed by atoms with Crippen molar-refractivity contribution in [1.29, 1.82) is 0 Å². The van der Waals surface area contributed by atoms with Crippen LogP contribution in [-0.4, -0.2) is 60.4 Å². The molecule has 0 aromatic heterocycles. The van der Waals surface area contributed by atoms with Crippen LogP contribution in [0.5, 0.6) is 0 Å². The average Bonchev–Trinajstić information content (AvgIpc) is 2.38. The van der Waals surface area contributed by atoms with E-state index in [2.05, 4.69) is 24.1 Å². The molecule has 0 aromatic carbocycles. The minimum absolute atomic E-state index is 0.105. The van der Waals surface area contributed by atoms with Gasteiger partial charge in [0.15, 0.2) is 0 Å². The number of nitrogens with zero attached hydrogens (tertiary/aromatic N) is 1. The van der Waals surface area contributed by atoms with E-state index in [0.29, 0.717) is 6.42 Å². The number of rotatable bonds is 6. The van der Waals surface area contributed by atoms with Crippen LogP contribution in [0.3, 0.4) is 0 Å². The molecular weight excluding hydrogens is 244 g/mol. The summed E-state index contributed by atoms with van der Waals surface area (Å²) < 4.78 is 5.59. The first-order valence-corrected chi connectivity index (χ1v) is 6.98. The van der Waals surface area contributed by atoms with Crippen LogP contribution in [0, 0.1) is 0 Å². The van der Waals surface area contributed by atoms with Crippen molar-refractivity contribution in [1.82, 2.24) is 10.2 Å². The van der Waals surface area contributed by atoms with Gasteiger partial charge < -0.3 is 15.2 Å². The summed E-state index contributed by atoms with van der Waals surface area (Å²) in [5.74, 6) is -0.798. The number of aliphatic carboxylic acids is 1. The highest BCUT2D eigenvalue weighted by atomic mass is 16.5. The Morgan fingerprint density at radius 1 is 1.63 bits per heavy atom. The SMILES string of the molecule is CNC(C)(CC(C)N1CCCC(C)(OC)C1)C(=O)O. The third-order valence-corrected chi connectivity index (χ3v) is 4.53. The van der Waals surface area contributed by atoms with Gasteiger partial charge in [0, 0.05) is 19.7 Å². The third-order valence-electron chi connectivity index (χ3n) is 4.53. The number of nitrogens with one attached hydrogen (secondary N) is 1. The van der Waals surface area contributed by atoms with Gasteiger partial charge in [-0.15, -0.1) is 0 Å². The van der Waals surface area contributed by atoms with E-state index in [9.17, 15) is 9.90 Å². The molecule has 0 aliphatic carbocycles. The molecule has 0 saturated carbocycles. The highest BCUT2D eigenvalue weighted by Gasteiger charge is 2.38. The van der Waals surface area contributed by atoms with Crippen LogP contribution in [0.2, 0.25) is 0 Å². The summed E-state index contributed by atoms with van der Waals surface area (Å²) in [5.41, 5.74) is -0.980. The molecule has 0 amide bonds. The summed E-state index contributed by atoms with van der Waals surface area (Å²) in [4.78, 5) is 13.7. The van der Waals surface area contributed by atoms with Crippen LogP contribution < -0.4 is 5.32 Å². The van der Waals surface area contributed by atoms with Crippen LogP contribution in [0.15, 0.2) is 0 Å². The maximum atomic E-state index is 11.3. The second kappa shape index (κ2) is 6.20. The van der Waals surface area contributed by atoms with Crippen molar-refractivity contribution in [3.05, 3.63) is 0 Å². The van der Waals surface area contributed by atoms with Crippen LogP contribution in [-0.2, 0) is 9.53 Å². The maximum Gasteiger partial charge on any atom is 0.323 e. The third kappa shape index (κ3) is 3.91. The van der Waals surface area contributed by atoms with E-state index < -0.39 is 11.5 Å². The molecule has 0 radical (unpaired) electrons. The number of likely N-dealkylation sites (N-methyl/N-ethyl adjacent to an activating group) is 1. The second-order valence-corrected chi connectivity index (χ2v) is 6.17. The lowest BCUT2D eigenvalue weighted by Crippen LogP contribution is -2.55. The fourth-order valence-corrected chi connectivity index (χ4v) is 2.80. The molecule has 1 aliphatic heterocycles. The lowest BCUT2D eigenvalue weighted by molar-refractivity contribution is -0.145. The molecule has 5 heteroatoms. The smallest absolute Gasteiger partial charge is 0.323 e. The van der Waals surface area contributed by atoms with Gasteiger partial charge in [-0.25, -0.2) is 0 Å². The molecule has 0 bridgehead atoms. The number of piperidine rings is 1. The zero-order valence-corrected chi connectivity index (χ0v) is 12.8. The molecule has 1 aliphatic rings. The zero-order chi connectivity index (χ0) is 14.7. The molecule has 19 heavy (non-hydrogen) atoms. The maximum absolute atomic E-state index is 11.3. The van der Waals surface area contributed by atoms with Crippen molar-refractivity contribution in [3.8, 4) is 0 Å². The number of hydrogen-bond acceptors (Lipinski definition) is 4. The van der Waals surface area contributed by atoms with Gasteiger partial charge in [0.1, 0.15) is 5.54 Å². The predicted octanol–water partition coefficient (Wildman–Crippen LogP) is 1.33. The molecule has 0 aromatic rings. The van der Waals surface area contributed by atoms with Gasteiger partial charge in [-0.1, -0.05) is 0 Å². The molecule has 2 N–H and O–H groups in total. The summed E-state index contributed by atoms with van der Waals surface area (Å²) in [6.07, 6.45) is 2.74. The number of carboxylic acid groups (broad SMARTS) is 1. The number of carbonyl (C=O) groups is 1. The molecule has 1 fully saturated rings. The average molecular weight is 272 g/mol. The van der Waals surface area contributed by atoms with Gasteiger partial charge in [-0.3, -0.25) is 9.69 Å². The van der Waals surface area contributed by atoms with E-state index in [-0.39, 0.29) is 11.6 Å². The van der Waals surface area contributed by atoms with Gasteiger partial charge in [0.2, 0.25) is 0 Å². The Labute approximate surface area is 116 Å². The van der Waals surface area contributed by atoms with Crippen molar-refractivity contribution in [3.63, 3.8) is 0 Å². The van der Waals surface area contributed by atoms with Gasteiger partial charge in [0.05, 0.1) is 5.60 Å². The predicted molar refractivity (Wildman–Crippen MR) is 75.4 cm³/mol. The van der Waals surface area contributed by atoms with Crippen molar-refractivity contribution in [2.24, 2.45) is 0 Å². The van der Waals surface area contributed by atoms with E-state index in [1.807, 2.05) is 0 Å². The van der Waals surface area contributed by atoms with Crippen molar-refractivity contribution < 1.29 is 14.6 Å². The molecule has 0 spiro atoms. The minimum Gasteiger partial charge on any atom is -0.480 e. The first-order valence-electron chi connectivity index (χ1n) is 6.98. The standard InChI is InChI=1S/C14H28N2O3/c1-11(9-14(3,15-4)12(17)18)16-8-6-7-13(2,10-16)19-5/h11,15H,6-10H2,1-5H3,(H,17,18). The Balaban J connectivity index is 2.67. The summed E-state index contributed by atoms with van der Waals surface area (Å²) in [6, 6.07) is 0.211. The van der Waals surface area contributed by atoms with Crippen molar-refractivity contribution in [2.75, 3.05) is 27.2 Å². The number of carboxylic acids is 1. The van der Waals surface area contributed by atoms with Gasteiger partial charge in [0.25, 0.3) is 0 Å². The van der Waals surface area contributed by atoms with Crippen LogP contribution in [0.1, 0.15) is 40.0 Å². The monoisotopic (exact) mass is 272 g/mol. The van der Waals surface area contributed by atoms with Crippen LogP contribution in [0.25, 0.3) is 0 Å². The molecule has 1 rings (SSSR count). The topological polar surface area (TPSA) is 61.8 Å². The highest BCUT2D eigenvalue weighted by molar-refractivity contribution is 5.78. The van der Waals surface area contributed by atoms with E-state index in [1.54, 1.807) is 21.1 Å². The van der Waals surface area contributed by atoms with E-state index in [1.165, 1.54) is 0 Å². The fraction of sp³-hybridized carbons (Fsp3) is 0.929. The first kappa shape index (κ1) is 16.4. The van der Waals surface area contributed by atoms with Crippen LogP contribution >= 0.6 is 0 Å². The normalized spacial score (nSPS) is 29.7. The van der Waals surface area contributed by atoms with Gasteiger partial charge in [-0.05, 0) is 53.6 Å². The lowest BCUT2D eigenvalue weighted by atomic mass is 9.89. The molecule has 3 unspecified atom stereocenters. The molecule has 1 saturated heterocycles. The Kier molecular flexibility index (Phi) is 5.35. The fourth-order valence-electron chi connectivity index (χ4n) is 2.80. The van der Waals surface area contributed by atoms with Crippen molar-refractivity contribution >= 4 is 5.97 Å². The summed E-state index contributed by atoms with van der Waals surface area (Å²) in [6.45, 7) is 7.84.